The number of hydrogen-bond acceptors (Lipinski definition) is 3. The number of nitrogens with zero attached hydrogens (tertiary/aromatic N) is 1. The zero-order chi connectivity index (χ0) is 13.3. The van der Waals surface area contributed by atoms with Gasteiger partial charge in [-0.05, 0) is 56.3 Å². The summed E-state index contributed by atoms with van der Waals surface area (Å²) in [4.78, 5) is 15.8. The number of piperidine rings is 1. The third-order valence-electron chi connectivity index (χ3n) is 3.64. The number of rotatable bonds is 6. The number of aryl methyl sites for hydroxylation is 1. The van der Waals surface area contributed by atoms with E-state index in [1.807, 2.05) is 18.3 Å². The van der Waals surface area contributed by atoms with Crippen molar-refractivity contribution < 1.29 is 4.79 Å². The molecule has 104 valence electrons. The van der Waals surface area contributed by atoms with Crippen molar-refractivity contribution in [2.24, 2.45) is 5.92 Å². The minimum atomic E-state index is 0.146. The molecule has 1 aromatic rings. The maximum absolute atomic E-state index is 11.7. The Labute approximate surface area is 115 Å². The van der Waals surface area contributed by atoms with Crippen molar-refractivity contribution in [1.29, 1.82) is 0 Å². The number of carbonyl (C=O) groups excluding carboxylic acids is 1. The first-order valence-electron chi connectivity index (χ1n) is 7.21. The fourth-order valence-electron chi connectivity index (χ4n) is 2.48. The van der Waals surface area contributed by atoms with E-state index in [0.29, 0.717) is 6.42 Å². The highest BCUT2D eigenvalue weighted by Crippen LogP contribution is 2.12. The second-order valence-electron chi connectivity index (χ2n) is 5.21. The van der Waals surface area contributed by atoms with Crippen LogP contribution in [0.5, 0.6) is 0 Å². The highest BCUT2D eigenvalue weighted by atomic mass is 16.1. The first-order chi connectivity index (χ1) is 9.34. The predicted molar refractivity (Wildman–Crippen MR) is 75.8 cm³/mol. The molecule has 1 saturated heterocycles. The number of pyridine rings is 1. The highest BCUT2D eigenvalue weighted by molar-refractivity contribution is 5.76. The van der Waals surface area contributed by atoms with Gasteiger partial charge in [-0.25, -0.2) is 0 Å². The summed E-state index contributed by atoms with van der Waals surface area (Å²) in [5.74, 6) is 0.875. The zero-order valence-electron chi connectivity index (χ0n) is 11.4. The molecule has 2 rings (SSSR count). The smallest absolute Gasteiger partial charge is 0.220 e. The molecule has 0 spiro atoms. The molecule has 1 aromatic heterocycles. The summed E-state index contributed by atoms with van der Waals surface area (Å²) in [6.07, 6.45) is 8.53. The third kappa shape index (κ3) is 5.39. The van der Waals surface area contributed by atoms with Crippen molar-refractivity contribution in [3.05, 3.63) is 30.1 Å². The maximum atomic E-state index is 11.7. The number of hydrogen-bond donors (Lipinski definition) is 2. The van der Waals surface area contributed by atoms with Crippen molar-refractivity contribution in [3.63, 3.8) is 0 Å². The van der Waals surface area contributed by atoms with Crippen LogP contribution in [0.2, 0.25) is 0 Å². The summed E-state index contributed by atoms with van der Waals surface area (Å²) in [5, 5.41) is 6.41. The van der Waals surface area contributed by atoms with Crippen LogP contribution < -0.4 is 10.6 Å². The monoisotopic (exact) mass is 261 g/mol. The predicted octanol–water partition coefficient (Wildman–Crippen LogP) is 1.52. The molecule has 4 nitrogen and oxygen atoms in total. The molecule has 19 heavy (non-hydrogen) atoms. The zero-order valence-corrected chi connectivity index (χ0v) is 11.4. The van der Waals surface area contributed by atoms with Gasteiger partial charge in [-0.15, -0.1) is 0 Å². The molecule has 1 atom stereocenters. The number of nitrogens with one attached hydrogen (secondary N) is 2. The quantitative estimate of drug-likeness (QED) is 0.816. The lowest BCUT2D eigenvalue weighted by molar-refractivity contribution is -0.121. The van der Waals surface area contributed by atoms with Crippen LogP contribution in [0.3, 0.4) is 0 Å². The lowest BCUT2D eigenvalue weighted by atomic mass is 9.96. The van der Waals surface area contributed by atoms with E-state index in [1.54, 1.807) is 6.20 Å². The molecule has 1 aliphatic heterocycles. The van der Waals surface area contributed by atoms with Crippen LogP contribution >= 0.6 is 0 Å². The van der Waals surface area contributed by atoms with Gasteiger partial charge in [0.1, 0.15) is 0 Å². The Morgan fingerprint density at radius 2 is 2.47 bits per heavy atom. The molecule has 1 fully saturated rings. The number of amides is 1. The van der Waals surface area contributed by atoms with Crippen LogP contribution in [-0.4, -0.2) is 30.5 Å². The Bertz CT molecular complexity index is 374. The van der Waals surface area contributed by atoms with Crippen molar-refractivity contribution in [2.75, 3.05) is 19.6 Å². The average Bonchev–Trinajstić information content (AvgIpc) is 2.47. The van der Waals surface area contributed by atoms with Gasteiger partial charge < -0.3 is 10.6 Å². The van der Waals surface area contributed by atoms with Gasteiger partial charge in [0.15, 0.2) is 0 Å². The van der Waals surface area contributed by atoms with Gasteiger partial charge in [0.25, 0.3) is 0 Å². The Morgan fingerprint density at radius 1 is 1.53 bits per heavy atom. The summed E-state index contributed by atoms with van der Waals surface area (Å²) < 4.78 is 0. The molecule has 0 aliphatic carbocycles. The Hall–Kier alpha value is -1.42. The maximum Gasteiger partial charge on any atom is 0.220 e. The molecule has 2 heterocycles. The lowest BCUT2D eigenvalue weighted by Crippen LogP contribution is -2.33. The van der Waals surface area contributed by atoms with E-state index < -0.39 is 0 Å². The molecule has 1 aliphatic rings. The lowest BCUT2D eigenvalue weighted by Gasteiger charge is -2.22. The first kappa shape index (κ1) is 14.0. The third-order valence-corrected chi connectivity index (χ3v) is 3.64. The topological polar surface area (TPSA) is 54.0 Å². The van der Waals surface area contributed by atoms with E-state index in [-0.39, 0.29) is 5.91 Å². The van der Waals surface area contributed by atoms with Crippen LogP contribution in [0, 0.1) is 5.92 Å². The van der Waals surface area contributed by atoms with E-state index in [9.17, 15) is 4.79 Å². The summed E-state index contributed by atoms with van der Waals surface area (Å²) >= 11 is 0. The Balaban J connectivity index is 1.57. The van der Waals surface area contributed by atoms with Gasteiger partial charge >= 0.3 is 0 Å². The second kappa shape index (κ2) is 7.89. The molecule has 1 amide bonds. The Morgan fingerprint density at radius 3 is 3.21 bits per heavy atom. The molecule has 2 N–H and O–H groups in total. The SMILES string of the molecule is O=C(CCc1cccnc1)NCCC1CCCNC1. The van der Waals surface area contributed by atoms with Crippen molar-refractivity contribution in [2.45, 2.75) is 32.1 Å². The molecular weight excluding hydrogens is 238 g/mol. The normalized spacial score (nSPS) is 19.1. The van der Waals surface area contributed by atoms with E-state index in [4.69, 9.17) is 0 Å². The van der Waals surface area contributed by atoms with Crippen LogP contribution in [0.1, 0.15) is 31.2 Å². The molecule has 1 unspecified atom stereocenters. The highest BCUT2D eigenvalue weighted by Gasteiger charge is 2.12. The molecular formula is C15H23N3O. The summed E-state index contributed by atoms with van der Waals surface area (Å²) in [6.45, 7) is 3.05. The van der Waals surface area contributed by atoms with Gasteiger partial charge in [-0.2, -0.15) is 0 Å². The van der Waals surface area contributed by atoms with Crippen molar-refractivity contribution in [3.8, 4) is 0 Å². The van der Waals surface area contributed by atoms with Gasteiger partial charge in [-0.3, -0.25) is 9.78 Å². The van der Waals surface area contributed by atoms with Gasteiger partial charge in [-0.1, -0.05) is 6.07 Å². The van der Waals surface area contributed by atoms with Gasteiger partial charge in [0, 0.05) is 25.4 Å². The van der Waals surface area contributed by atoms with E-state index >= 15 is 0 Å². The summed E-state index contributed by atoms with van der Waals surface area (Å²) in [7, 11) is 0. The fourth-order valence-corrected chi connectivity index (χ4v) is 2.48. The molecule has 0 saturated carbocycles. The standard InChI is InChI=1S/C15H23N3O/c19-15(6-5-13-3-1-8-16-11-13)18-10-7-14-4-2-9-17-12-14/h1,3,8,11,14,17H,2,4-7,9-10,12H2,(H,18,19). The van der Waals surface area contributed by atoms with Crippen LogP contribution in [-0.2, 0) is 11.2 Å². The first-order valence-corrected chi connectivity index (χ1v) is 7.21. The molecule has 4 heteroatoms. The van der Waals surface area contributed by atoms with E-state index in [1.165, 1.54) is 12.8 Å². The number of aromatic nitrogens is 1. The fraction of sp³-hybridized carbons (Fsp3) is 0.600. The number of carbonyl (C=O) groups is 1. The van der Waals surface area contributed by atoms with Gasteiger partial charge in [0.2, 0.25) is 5.91 Å². The minimum absolute atomic E-state index is 0.146. The average molecular weight is 261 g/mol. The van der Waals surface area contributed by atoms with E-state index in [0.717, 1.165) is 44.0 Å². The van der Waals surface area contributed by atoms with E-state index in [2.05, 4.69) is 15.6 Å². The largest absolute Gasteiger partial charge is 0.356 e. The summed E-state index contributed by atoms with van der Waals surface area (Å²) in [5.41, 5.74) is 1.12. The van der Waals surface area contributed by atoms with Crippen LogP contribution in [0.4, 0.5) is 0 Å². The minimum Gasteiger partial charge on any atom is -0.356 e. The summed E-state index contributed by atoms with van der Waals surface area (Å²) in [6, 6.07) is 3.91. The Kier molecular flexibility index (Phi) is 5.82. The van der Waals surface area contributed by atoms with Gasteiger partial charge in [0.05, 0.1) is 0 Å². The van der Waals surface area contributed by atoms with Crippen LogP contribution in [0.15, 0.2) is 24.5 Å². The second-order valence-corrected chi connectivity index (χ2v) is 5.21. The molecule has 0 aromatic carbocycles. The van der Waals surface area contributed by atoms with Crippen molar-refractivity contribution in [1.82, 2.24) is 15.6 Å². The van der Waals surface area contributed by atoms with Crippen molar-refractivity contribution >= 4 is 5.91 Å². The van der Waals surface area contributed by atoms with Crippen LogP contribution in [0.25, 0.3) is 0 Å². The molecule has 0 radical (unpaired) electrons. The molecule has 0 bridgehead atoms.